The molecule has 30 heavy (non-hydrogen) atoms. The third-order valence-corrected chi connectivity index (χ3v) is 5.34. The molecule has 0 saturated heterocycles. The van der Waals surface area contributed by atoms with Crippen LogP contribution in [0.5, 0.6) is 5.75 Å². The maximum absolute atomic E-state index is 12.5. The highest BCUT2D eigenvalue weighted by Crippen LogP contribution is 2.26. The van der Waals surface area contributed by atoms with Crippen molar-refractivity contribution in [2.24, 2.45) is 0 Å². The van der Waals surface area contributed by atoms with Crippen molar-refractivity contribution in [3.8, 4) is 17.1 Å². The van der Waals surface area contributed by atoms with E-state index < -0.39 is 0 Å². The van der Waals surface area contributed by atoms with Gasteiger partial charge < -0.3 is 10.1 Å². The first-order valence-corrected chi connectivity index (χ1v) is 10.4. The maximum atomic E-state index is 12.5. The van der Waals surface area contributed by atoms with E-state index in [0.29, 0.717) is 22.4 Å². The van der Waals surface area contributed by atoms with Crippen LogP contribution in [0.3, 0.4) is 0 Å². The fraction of sp³-hybridized carbons (Fsp3) is 0.136. The largest absolute Gasteiger partial charge is 0.495 e. The number of carbonyl (C=O) groups excluding carboxylic acids is 1. The van der Waals surface area contributed by atoms with Crippen LogP contribution in [-0.2, 0) is 4.79 Å². The van der Waals surface area contributed by atoms with Gasteiger partial charge in [-0.2, -0.15) is 0 Å². The van der Waals surface area contributed by atoms with E-state index in [-0.39, 0.29) is 11.7 Å². The Hall–Kier alpha value is -3.52. The van der Waals surface area contributed by atoms with E-state index in [1.165, 1.54) is 11.8 Å². The fourth-order valence-corrected chi connectivity index (χ4v) is 3.78. The van der Waals surface area contributed by atoms with Gasteiger partial charge in [0.25, 0.3) is 0 Å². The number of carbonyl (C=O) groups is 1. The zero-order valence-electron chi connectivity index (χ0n) is 16.6. The van der Waals surface area contributed by atoms with Crippen LogP contribution in [0.4, 0.5) is 5.69 Å². The van der Waals surface area contributed by atoms with Crippen molar-refractivity contribution in [2.45, 2.75) is 12.1 Å². The van der Waals surface area contributed by atoms with E-state index >= 15 is 0 Å². The van der Waals surface area contributed by atoms with Gasteiger partial charge in [0.2, 0.25) is 11.1 Å². The summed E-state index contributed by atoms with van der Waals surface area (Å²) in [5.74, 6) is 1.37. The predicted octanol–water partition coefficient (Wildman–Crippen LogP) is 4.11. The van der Waals surface area contributed by atoms with Crippen LogP contribution < -0.4 is 10.1 Å². The van der Waals surface area contributed by atoms with Crippen molar-refractivity contribution in [3.05, 3.63) is 78.6 Å². The van der Waals surface area contributed by atoms with E-state index in [4.69, 9.17) is 4.74 Å². The van der Waals surface area contributed by atoms with Gasteiger partial charge in [0, 0.05) is 18.0 Å². The molecule has 8 heteroatoms. The standard InChI is InChI=1S/C22H21N5O2S/c1-16-8-7-9-17(14-16)21-24-25-22(27(21)26-12-5-6-13-26)30-15-20(28)23-18-10-3-4-11-19(18)29-2/h3-14H,15H2,1-2H3,(H,23,28). The molecule has 0 bridgehead atoms. The van der Waals surface area contributed by atoms with Gasteiger partial charge in [-0.1, -0.05) is 47.7 Å². The molecule has 2 aromatic carbocycles. The molecule has 0 unspecified atom stereocenters. The van der Waals surface area contributed by atoms with Crippen molar-refractivity contribution in [1.29, 1.82) is 0 Å². The van der Waals surface area contributed by atoms with Crippen LogP contribution in [0.1, 0.15) is 5.56 Å². The molecule has 0 fully saturated rings. The van der Waals surface area contributed by atoms with Gasteiger partial charge in [0.15, 0.2) is 5.82 Å². The summed E-state index contributed by atoms with van der Waals surface area (Å²) in [6, 6.07) is 19.3. The predicted molar refractivity (Wildman–Crippen MR) is 118 cm³/mol. The normalized spacial score (nSPS) is 10.7. The van der Waals surface area contributed by atoms with Gasteiger partial charge in [-0.3, -0.25) is 9.47 Å². The summed E-state index contributed by atoms with van der Waals surface area (Å²) >= 11 is 1.32. The number of benzene rings is 2. The summed E-state index contributed by atoms with van der Waals surface area (Å²) in [4.78, 5) is 12.5. The van der Waals surface area contributed by atoms with Gasteiger partial charge in [0.05, 0.1) is 18.6 Å². The third-order valence-electron chi connectivity index (χ3n) is 4.42. The van der Waals surface area contributed by atoms with Crippen molar-refractivity contribution < 1.29 is 9.53 Å². The molecule has 0 aliphatic carbocycles. The first-order valence-electron chi connectivity index (χ1n) is 9.37. The minimum atomic E-state index is -0.149. The molecule has 0 aliphatic rings. The molecule has 7 nitrogen and oxygen atoms in total. The lowest BCUT2D eigenvalue weighted by Gasteiger charge is -2.12. The highest BCUT2D eigenvalue weighted by Gasteiger charge is 2.17. The van der Waals surface area contributed by atoms with Crippen molar-refractivity contribution in [2.75, 3.05) is 18.2 Å². The molecule has 152 valence electrons. The van der Waals surface area contributed by atoms with Crippen LogP contribution in [0.25, 0.3) is 11.4 Å². The number of hydrogen-bond acceptors (Lipinski definition) is 5. The number of rotatable bonds is 7. The van der Waals surface area contributed by atoms with Gasteiger partial charge in [-0.25, -0.2) is 4.68 Å². The van der Waals surface area contributed by atoms with E-state index in [1.54, 1.807) is 19.2 Å². The third kappa shape index (κ3) is 4.23. The Kier molecular flexibility index (Phi) is 5.85. The number of ether oxygens (including phenoxy) is 1. The van der Waals surface area contributed by atoms with Crippen molar-refractivity contribution >= 4 is 23.4 Å². The number of para-hydroxylation sites is 2. The zero-order chi connectivity index (χ0) is 20.9. The summed E-state index contributed by atoms with van der Waals surface area (Å²) in [6.45, 7) is 2.04. The molecule has 0 saturated carbocycles. The lowest BCUT2D eigenvalue weighted by Crippen LogP contribution is -2.16. The highest BCUT2D eigenvalue weighted by molar-refractivity contribution is 7.99. The van der Waals surface area contributed by atoms with Gasteiger partial charge in [0.1, 0.15) is 5.75 Å². The first-order chi connectivity index (χ1) is 14.7. The maximum Gasteiger partial charge on any atom is 0.234 e. The molecule has 0 spiro atoms. The number of nitrogens with zero attached hydrogens (tertiary/aromatic N) is 4. The Balaban J connectivity index is 1.57. The minimum absolute atomic E-state index is 0.149. The summed E-state index contributed by atoms with van der Waals surface area (Å²) in [5, 5.41) is 12.2. The summed E-state index contributed by atoms with van der Waals surface area (Å²) < 4.78 is 9.09. The summed E-state index contributed by atoms with van der Waals surface area (Å²) in [6.07, 6.45) is 3.84. The average Bonchev–Trinajstić information content (AvgIpc) is 3.42. The number of methoxy groups -OCH3 is 1. The molecular weight excluding hydrogens is 398 g/mol. The van der Waals surface area contributed by atoms with E-state index in [0.717, 1.165) is 11.1 Å². The SMILES string of the molecule is COc1ccccc1NC(=O)CSc1nnc(-c2cccc(C)c2)n1-n1cccc1. The molecule has 1 N–H and O–H groups in total. The monoisotopic (exact) mass is 419 g/mol. The number of thioether (sulfide) groups is 1. The summed E-state index contributed by atoms with van der Waals surface area (Å²) in [7, 11) is 1.58. The van der Waals surface area contributed by atoms with Crippen LogP contribution in [0.15, 0.2) is 78.2 Å². The van der Waals surface area contributed by atoms with Crippen molar-refractivity contribution in [1.82, 2.24) is 19.5 Å². The van der Waals surface area contributed by atoms with E-state index in [1.807, 2.05) is 71.1 Å². The number of nitrogens with one attached hydrogen (secondary N) is 1. The van der Waals surface area contributed by atoms with E-state index in [9.17, 15) is 4.79 Å². The van der Waals surface area contributed by atoms with Gasteiger partial charge in [-0.05, 0) is 37.3 Å². The Morgan fingerprint density at radius 3 is 2.63 bits per heavy atom. The molecule has 0 radical (unpaired) electrons. The van der Waals surface area contributed by atoms with E-state index in [2.05, 4.69) is 21.6 Å². The lowest BCUT2D eigenvalue weighted by atomic mass is 10.1. The molecule has 0 aliphatic heterocycles. The molecule has 0 atom stereocenters. The van der Waals surface area contributed by atoms with Crippen LogP contribution in [0.2, 0.25) is 0 Å². The Bertz CT molecular complexity index is 1150. The van der Waals surface area contributed by atoms with Gasteiger partial charge in [-0.15, -0.1) is 10.2 Å². The number of hydrogen-bond donors (Lipinski definition) is 1. The Morgan fingerprint density at radius 1 is 1.07 bits per heavy atom. The van der Waals surface area contributed by atoms with Crippen molar-refractivity contribution in [3.63, 3.8) is 0 Å². The topological polar surface area (TPSA) is 74.0 Å². The highest BCUT2D eigenvalue weighted by atomic mass is 32.2. The molecule has 4 rings (SSSR count). The second kappa shape index (κ2) is 8.87. The van der Waals surface area contributed by atoms with Gasteiger partial charge >= 0.3 is 0 Å². The fourth-order valence-electron chi connectivity index (χ4n) is 3.05. The minimum Gasteiger partial charge on any atom is -0.495 e. The average molecular weight is 420 g/mol. The number of anilines is 1. The van der Waals surface area contributed by atoms with Crippen LogP contribution in [-0.4, -0.2) is 38.3 Å². The lowest BCUT2D eigenvalue weighted by molar-refractivity contribution is -0.113. The molecule has 4 aromatic rings. The summed E-state index contributed by atoms with van der Waals surface area (Å²) in [5.41, 5.74) is 2.74. The first kappa shape index (κ1) is 19.8. The molecular formula is C22H21N5O2S. The quantitative estimate of drug-likeness (QED) is 0.457. The number of aryl methyl sites for hydroxylation is 1. The molecule has 2 aromatic heterocycles. The molecule has 2 heterocycles. The smallest absolute Gasteiger partial charge is 0.234 e. The second-order valence-corrected chi connectivity index (χ2v) is 7.53. The Labute approximate surface area is 178 Å². The molecule has 1 amide bonds. The zero-order valence-corrected chi connectivity index (χ0v) is 17.5. The second-order valence-electron chi connectivity index (χ2n) is 6.59. The number of aromatic nitrogens is 4. The number of amides is 1. The van der Waals surface area contributed by atoms with Crippen LogP contribution >= 0.6 is 11.8 Å². The Morgan fingerprint density at radius 2 is 1.87 bits per heavy atom. The van der Waals surface area contributed by atoms with Crippen LogP contribution in [0, 0.1) is 6.92 Å².